The number of hydrogen-bond donors (Lipinski definition) is 1. The molecular weight excluding hydrogens is 328 g/mol. The van der Waals surface area contributed by atoms with E-state index in [2.05, 4.69) is 5.32 Å². The molecule has 1 heterocycles. The average molecular weight is 343 g/mol. The molecule has 1 aromatic rings. The molecule has 0 saturated carbocycles. The van der Waals surface area contributed by atoms with E-state index < -0.39 is 5.91 Å². The minimum absolute atomic E-state index is 0.195. The Labute approximate surface area is 137 Å². The zero-order chi connectivity index (χ0) is 16.3. The molecule has 1 aliphatic heterocycles. The molecule has 118 valence electrons. The summed E-state index contributed by atoms with van der Waals surface area (Å²) in [7, 11) is 1.47. The van der Waals surface area contributed by atoms with Crippen LogP contribution in [0.2, 0.25) is 5.02 Å². The van der Waals surface area contributed by atoms with Crippen molar-refractivity contribution < 1.29 is 19.1 Å². The molecular formula is C14H15ClN2O4S. The molecule has 1 atom stereocenters. The smallest absolute Gasteiger partial charge is 0.244 e. The van der Waals surface area contributed by atoms with Crippen LogP contribution in [-0.2, 0) is 14.4 Å². The fourth-order valence-electron chi connectivity index (χ4n) is 1.97. The van der Waals surface area contributed by atoms with Crippen molar-refractivity contribution in [2.75, 3.05) is 24.7 Å². The number of amides is 3. The highest BCUT2D eigenvalue weighted by molar-refractivity contribution is 8.01. The van der Waals surface area contributed by atoms with Crippen molar-refractivity contribution in [2.45, 2.75) is 12.2 Å². The molecule has 1 fully saturated rings. The van der Waals surface area contributed by atoms with E-state index in [-0.39, 0.29) is 29.4 Å². The molecule has 0 radical (unpaired) electrons. The van der Waals surface area contributed by atoms with Gasteiger partial charge in [-0.2, -0.15) is 0 Å². The zero-order valence-electron chi connectivity index (χ0n) is 12.1. The SMILES string of the molecule is COc1ccc(Cl)cc1NC(=O)CN1C(=O)CSC(C)C1=O. The Morgan fingerprint density at radius 3 is 2.91 bits per heavy atom. The van der Waals surface area contributed by atoms with Crippen molar-refractivity contribution in [1.82, 2.24) is 4.90 Å². The van der Waals surface area contributed by atoms with Crippen molar-refractivity contribution in [3.8, 4) is 5.75 Å². The van der Waals surface area contributed by atoms with E-state index in [1.165, 1.54) is 24.9 Å². The quantitative estimate of drug-likeness (QED) is 0.844. The van der Waals surface area contributed by atoms with Gasteiger partial charge >= 0.3 is 0 Å². The maximum absolute atomic E-state index is 12.1. The number of nitrogens with zero attached hydrogens (tertiary/aromatic N) is 1. The fourth-order valence-corrected chi connectivity index (χ4v) is 2.96. The van der Waals surface area contributed by atoms with Crippen LogP contribution in [0.15, 0.2) is 18.2 Å². The molecule has 1 N–H and O–H groups in total. The van der Waals surface area contributed by atoms with Gasteiger partial charge in [0, 0.05) is 5.02 Å². The first-order valence-corrected chi connectivity index (χ1v) is 7.94. The fraction of sp³-hybridized carbons (Fsp3) is 0.357. The molecule has 1 unspecified atom stereocenters. The minimum atomic E-state index is -0.485. The van der Waals surface area contributed by atoms with Gasteiger partial charge in [0.1, 0.15) is 12.3 Å². The highest BCUT2D eigenvalue weighted by atomic mass is 35.5. The normalized spacial score (nSPS) is 18.3. The molecule has 2 rings (SSSR count). The van der Waals surface area contributed by atoms with Crippen LogP contribution in [0.4, 0.5) is 5.69 Å². The van der Waals surface area contributed by atoms with Gasteiger partial charge in [-0.3, -0.25) is 19.3 Å². The van der Waals surface area contributed by atoms with Crippen LogP contribution in [0.25, 0.3) is 0 Å². The van der Waals surface area contributed by atoms with Crippen LogP contribution >= 0.6 is 23.4 Å². The van der Waals surface area contributed by atoms with Gasteiger partial charge in [0.05, 0.1) is 23.8 Å². The lowest BCUT2D eigenvalue weighted by atomic mass is 10.3. The molecule has 1 saturated heterocycles. The van der Waals surface area contributed by atoms with Crippen LogP contribution in [0.1, 0.15) is 6.92 Å². The number of thioether (sulfide) groups is 1. The van der Waals surface area contributed by atoms with Gasteiger partial charge in [-0.25, -0.2) is 0 Å². The van der Waals surface area contributed by atoms with Crippen LogP contribution in [-0.4, -0.2) is 47.3 Å². The predicted octanol–water partition coefficient (Wildman–Crippen LogP) is 1.78. The molecule has 6 nitrogen and oxygen atoms in total. The third-order valence-electron chi connectivity index (χ3n) is 3.11. The molecule has 0 bridgehead atoms. The maximum atomic E-state index is 12.1. The van der Waals surface area contributed by atoms with Gasteiger partial charge < -0.3 is 10.1 Å². The first kappa shape index (κ1) is 16.6. The van der Waals surface area contributed by atoms with Crippen LogP contribution in [0.3, 0.4) is 0 Å². The molecule has 1 aliphatic rings. The summed E-state index contributed by atoms with van der Waals surface area (Å²) in [6.07, 6.45) is 0. The van der Waals surface area contributed by atoms with E-state index >= 15 is 0 Å². The number of rotatable bonds is 4. The number of imide groups is 1. The van der Waals surface area contributed by atoms with Crippen molar-refractivity contribution in [3.63, 3.8) is 0 Å². The van der Waals surface area contributed by atoms with E-state index in [0.717, 1.165) is 4.90 Å². The number of hydrogen-bond acceptors (Lipinski definition) is 5. The molecule has 1 aromatic carbocycles. The summed E-state index contributed by atoms with van der Waals surface area (Å²) in [5.74, 6) is -0.559. The number of carbonyl (C=O) groups excluding carboxylic acids is 3. The third kappa shape index (κ3) is 3.72. The summed E-state index contributed by atoms with van der Waals surface area (Å²) in [6, 6.07) is 4.79. The van der Waals surface area contributed by atoms with Crippen LogP contribution < -0.4 is 10.1 Å². The van der Waals surface area contributed by atoms with Crippen molar-refractivity contribution in [2.24, 2.45) is 0 Å². The van der Waals surface area contributed by atoms with Crippen molar-refractivity contribution in [1.29, 1.82) is 0 Å². The van der Waals surface area contributed by atoms with Gasteiger partial charge in [-0.15, -0.1) is 11.8 Å². The first-order chi connectivity index (χ1) is 10.4. The van der Waals surface area contributed by atoms with E-state index in [1.807, 2.05) is 0 Å². The average Bonchev–Trinajstić information content (AvgIpc) is 2.48. The van der Waals surface area contributed by atoms with Crippen LogP contribution in [0.5, 0.6) is 5.75 Å². The zero-order valence-corrected chi connectivity index (χ0v) is 13.7. The van der Waals surface area contributed by atoms with Crippen LogP contribution in [0, 0.1) is 0 Å². The summed E-state index contributed by atoms with van der Waals surface area (Å²) < 4.78 is 5.13. The summed E-state index contributed by atoms with van der Waals surface area (Å²) in [5, 5.41) is 2.71. The van der Waals surface area contributed by atoms with E-state index in [1.54, 1.807) is 19.1 Å². The largest absolute Gasteiger partial charge is 0.495 e. The number of nitrogens with one attached hydrogen (secondary N) is 1. The molecule has 3 amide bonds. The van der Waals surface area contributed by atoms with Gasteiger partial charge in [0.2, 0.25) is 17.7 Å². The van der Waals surface area contributed by atoms with Gasteiger partial charge in [-0.1, -0.05) is 11.6 Å². The number of benzene rings is 1. The van der Waals surface area contributed by atoms with E-state index in [9.17, 15) is 14.4 Å². The highest BCUT2D eigenvalue weighted by Gasteiger charge is 2.33. The maximum Gasteiger partial charge on any atom is 0.244 e. The first-order valence-electron chi connectivity index (χ1n) is 6.51. The Morgan fingerprint density at radius 2 is 2.23 bits per heavy atom. The minimum Gasteiger partial charge on any atom is -0.495 e. The standard InChI is InChI=1S/C14H15ClN2O4S/c1-8-14(20)17(13(19)7-22-8)6-12(18)16-10-5-9(15)3-4-11(10)21-2/h3-5,8H,6-7H2,1-2H3,(H,16,18). The second kappa shape index (κ2) is 7.02. The summed E-state index contributed by atoms with van der Waals surface area (Å²) in [4.78, 5) is 36.8. The summed E-state index contributed by atoms with van der Waals surface area (Å²) >= 11 is 7.15. The van der Waals surface area contributed by atoms with Gasteiger partial charge in [0.15, 0.2) is 0 Å². The number of halogens is 1. The Bertz CT molecular complexity index is 623. The number of ether oxygens (including phenoxy) is 1. The van der Waals surface area contributed by atoms with E-state index in [0.29, 0.717) is 16.5 Å². The van der Waals surface area contributed by atoms with Gasteiger partial charge in [0.25, 0.3) is 0 Å². The molecule has 0 aliphatic carbocycles. The Morgan fingerprint density at radius 1 is 1.50 bits per heavy atom. The second-order valence-corrected chi connectivity index (χ2v) is 6.43. The van der Waals surface area contributed by atoms with E-state index in [4.69, 9.17) is 16.3 Å². The number of methoxy groups -OCH3 is 1. The third-order valence-corrected chi connectivity index (χ3v) is 4.46. The molecule has 22 heavy (non-hydrogen) atoms. The number of carbonyl (C=O) groups is 3. The summed E-state index contributed by atoms with van der Waals surface area (Å²) in [5.41, 5.74) is 0.388. The summed E-state index contributed by atoms with van der Waals surface area (Å²) in [6.45, 7) is 1.39. The lowest BCUT2D eigenvalue weighted by molar-refractivity contribution is -0.145. The highest BCUT2D eigenvalue weighted by Crippen LogP contribution is 2.27. The Kier molecular flexibility index (Phi) is 5.31. The number of anilines is 1. The second-order valence-electron chi connectivity index (χ2n) is 4.66. The molecule has 8 heteroatoms. The Balaban J connectivity index is 2.08. The monoisotopic (exact) mass is 342 g/mol. The predicted molar refractivity (Wildman–Crippen MR) is 85.3 cm³/mol. The van der Waals surface area contributed by atoms with Gasteiger partial charge in [-0.05, 0) is 25.1 Å². The van der Waals surface area contributed by atoms with Crippen molar-refractivity contribution in [3.05, 3.63) is 23.2 Å². The molecule has 0 aromatic heterocycles. The Hall–Kier alpha value is -1.73. The lowest BCUT2D eigenvalue weighted by Crippen LogP contribution is -2.49. The lowest BCUT2D eigenvalue weighted by Gasteiger charge is -2.27. The molecule has 0 spiro atoms. The topological polar surface area (TPSA) is 75.7 Å². The van der Waals surface area contributed by atoms with Crippen molar-refractivity contribution >= 4 is 46.8 Å².